The summed E-state index contributed by atoms with van der Waals surface area (Å²) in [5.74, 6) is 1.57. The molecule has 1 fully saturated rings. The van der Waals surface area contributed by atoms with Crippen LogP contribution in [0.3, 0.4) is 0 Å². The number of nitrogen functional groups attached to an aromatic ring is 1. The molecule has 0 bridgehead atoms. The van der Waals surface area contributed by atoms with Gasteiger partial charge in [-0.05, 0) is 60.2 Å². The molecule has 1 aliphatic rings. The van der Waals surface area contributed by atoms with Gasteiger partial charge >= 0.3 is 0 Å². The van der Waals surface area contributed by atoms with Gasteiger partial charge in [-0.1, -0.05) is 6.07 Å². The first-order valence-electron chi connectivity index (χ1n) is 7.44. The van der Waals surface area contributed by atoms with E-state index in [0.29, 0.717) is 0 Å². The molecule has 2 N–H and O–H groups in total. The summed E-state index contributed by atoms with van der Waals surface area (Å²) in [5.41, 5.74) is 8.68. The number of nitrogens with zero attached hydrogens (tertiary/aromatic N) is 4. The smallest absolute Gasteiger partial charge is 0.182 e. The summed E-state index contributed by atoms with van der Waals surface area (Å²) in [5, 5.41) is 12.0. The molecule has 1 aromatic carbocycles. The van der Waals surface area contributed by atoms with Crippen molar-refractivity contribution >= 4 is 5.69 Å². The Bertz CT molecular complexity index is 606. The first kappa shape index (κ1) is 14.0. The SMILES string of the molecule is Cc1ccc(N)cc1-c1nnnn1CCCOCC1CC1. The van der Waals surface area contributed by atoms with E-state index in [-0.39, 0.29) is 0 Å². The lowest BCUT2D eigenvalue weighted by Crippen LogP contribution is -2.07. The first-order valence-corrected chi connectivity index (χ1v) is 7.44. The summed E-state index contributed by atoms with van der Waals surface area (Å²) in [6.07, 6.45) is 3.56. The molecule has 21 heavy (non-hydrogen) atoms. The minimum Gasteiger partial charge on any atom is -0.399 e. The Morgan fingerprint density at radius 2 is 2.24 bits per heavy atom. The van der Waals surface area contributed by atoms with Crippen LogP contribution in [0.5, 0.6) is 0 Å². The topological polar surface area (TPSA) is 78.9 Å². The van der Waals surface area contributed by atoms with Crippen LogP contribution in [0.25, 0.3) is 11.4 Å². The average molecular weight is 287 g/mol. The van der Waals surface area contributed by atoms with E-state index < -0.39 is 0 Å². The summed E-state index contributed by atoms with van der Waals surface area (Å²) in [7, 11) is 0. The Hall–Kier alpha value is -1.95. The zero-order valence-corrected chi connectivity index (χ0v) is 12.3. The summed E-state index contributed by atoms with van der Waals surface area (Å²) >= 11 is 0. The van der Waals surface area contributed by atoms with Crippen molar-refractivity contribution in [2.75, 3.05) is 18.9 Å². The Morgan fingerprint density at radius 1 is 1.38 bits per heavy atom. The minimum absolute atomic E-state index is 0.720. The molecule has 112 valence electrons. The molecule has 0 saturated heterocycles. The van der Waals surface area contributed by atoms with Crippen LogP contribution in [0.15, 0.2) is 18.2 Å². The fourth-order valence-electron chi connectivity index (χ4n) is 2.28. The van der Waals surface area contributed by atoms with Gasteiger partial charge in [-0.2, -0.15) is 0 Å². The molecule has 0 spiro atoms. The second-order valence-corrected chi connectivity index (χ2v) is 5.67. The monoisotopic (exact) mass is 287 g/mol. The Labute approximate surface area is 124 Å². The third-order valence-corrected chi connectivity index (χ3v) is 3.74. The van der Waals surface area contributed by atoms with Gasteiger partial charge < -0.3 is 10.5 Å². The van der Waals surface area contributed by atoms with Crippen molar-refractivity contribution in [1.82, 2.24) is 20.2 Å². The van der Waals surface area contributed by atoms with E-state index in [2.05, 4.69) is 15.5 Å². The van der Waals surface area contributed by atoms with Crippen LogP contribution >= 0.6 is 0 Å². The summed E-state index contributed by atoms with van der Waals surface area (Å²) < 4.78 is 7.46. The summed E-state index contributed by atoms with van der Waals surface area (Å²) in [6.45, 7) is 4.44. The molecule has 3 rings (SSSR count). The summed E-state index contributed by atoms with van der Waals surface area (Å²) in [4.78, 5) is 0. The van der Waals surface area contributed by atoms with Crippen LogP contribution in [0.1, 0.15) is 24.8 Å². The highest BCUT2D eigenvalue weighted by Gasteiger charge is 2.20. The second-order valence-electron chi connectivity index (χ2n) is 5.67. The van der Waals surface area contributed by atoms with Crippen molar-refractivity contribution < 1.29 is 4.74 Å². The highest BCUT2D eigenvalue weighted by atomic mass is 16.5. The van der Waals surface area contributed by atoms with E-state index in [1.54, 1.807) is 0 Å². The van der Waals surface area contributed by atoms with Crippen LogP contribution < -0.4 is 5.73 Å². The van der Waals surface area contributed by atoms with Gasteiger partial charge in [0.1, 0.15) is 0 Å². The molecule has 1 heterocycles. The normalized spacial score (nSPS) is 14.5. The molecule has 1 saturated carbocycles. The van der Waals surface area contributed by atoms with E-state index in [0.717, 1.165) is 54.7 Å². The van der Waals surface area contributed by atoms with Gasteiger partial charge in [-0.3, -0.25) is 0 Å². The van der Waals surface area contributed by atoms with Gasteiger partial charge in [0, 0.05) is 31.0 Å². The third-order valence-electron chi connectivity index (χ3n) is 3.74. The number of aromatic nitrogens is 4. The van der Waals surface area contributed by atoms with Gasteiger partial charge in [-0.15, -0.1) is 5.10 Å². The molecular weight excluding hydrogens is 266 g/mol. The highest BCUT2D eigenvalue weighted by molar-refractivity contribution is 5.65. The number of benzene rings is 1. The van der Waals surface area contributed by atoms with Crippen molar-refractivity contribution in [3.63, 3.8) is 0 Å². The lowest BCUT2D eigenvalue weighted by atomic mass is 10.1. The van der Waals surface area contributed by atoms with E-state index in [1.165, 1.54) is 12.8 Å². The molecule has 1 aliphatic carbocycles. The zero-order chi connectivity index (χ0) is 14.7. The van der Waals surface area contributed by atoms with E-state index in [9.17, 15) is 0 Å². The summed E-state index contributed by atoms with van der Waals surface area (Å²) in [6, 6.07) is 5.79. The van der Waals surface area contributed by atoms with Crippen molar-refractivity contribution in [3.8, 4) is 11.4 Å². The molecule has 0 amide bonds. The van der Waals surface area contributed by atoms with Crippen LogP contribution in [-0.2, 0) is 11.3 Å². The second kappa shape index (κ2) is 6.22. The molecule has 1 aromatic heterocycles. The van der Waals surface area contributed by atoms with Gasteiger partial charge in [-0.25, -0.2) is 4.68 Å². The van der Waals surface area contributed by atoms with Crippen molar-refractivity contribution in [3.05, 3.63) is 23.8 Å². The average Bonchev–Trinajstić information content (AvgIpc) is 3.18. The fourth-order valence-corrected chi connectivity index (χ4v) is 2.28. The lowest BCUT2D eigenvalue weighted by molar-refractivity contribution is 0.118. The van der Waals surface area contributed by atoms with Crippen LogP contribution in [0.2, 0.25) is 0 Å². The van der Waals surface area contributed by atoms with E-state index in [1.807, 2.05) is 29.8 Å². The maximum atomic E-state index is 5.86. The molecule has 0 radical (unpaired) electrons. The van der Waals surface area contributed by atoms with Crippen LogP contribution in [0, 0.1) is 12.8 Å². The van der Waals surface area contributed by atoms with E-state index >= 15 is 0 Å². The van der Waals surface area contributed by atoms with Crippen molar-refractivity contribution in [2.45, 2.75) is 32.7 Å². The number of hydrogen-bond acceptors (Lipinski definition) is 5. The molecule has 2 aromatic rings. The Morgan fingerprint density at radius 3 is 3.05 bits per heavy atom. The number of tetrazole rings is 1. The van der Waals surface area contributed by atoms with Gasteiger partial charge in [0.15, 0.2) is 5.82 Å². The quantitative estimate of drug-likeness (QED) is 0.623. The number of anilines is 1. The Balaban J connectivity index is 1.61. The maximum Gasteiger partial charge on any atom is 0.182 e. The van der Waals surface area contributed by atoms with Gasteiger partial charge in [0.05, 0.1) is 0 Å². The molecule has 0 unspecified atom stereocenters. The first-order chi connectivity index (χ1) is 10.2. The van der Waals surface area contributed by atoms with Crippen LogP contribution in [0.4, 0.5) is 5.69 Å². The predicted molar refractivity (Wildman–Crippen MR) is 80.6 cm³/mol. The lowest BCUT2D eigenvalue weighted by Gasteiger charge is -2.08. The maximum absolute atomic E-state index is 5.86. The number of hydrogen-bond donors (Lipinski definition) is 1. The predicted octanol–water partition coefficient (Wildman–Crippen LogP) is 2.05. The molecule has 6 heteroatoms. The van der Waals surface area contributed by atoms with Crippen LogP contribution in [-0.4, -0.2) is 33.4 Å². The zero-order valence-electron chi connectivity index (χ0n) is 12.3. The molecular formula is C15H21N5O. The van der Waals surface area contributed by atoms with Gasteiger partial charge in [0.2, 0.25) is 0 Å². The minimum atomic E-state index is 0.720. The number of ether oxygens (including phenoxy) is 1. The van der Waals surface area contributed by atoms with E-state index in [4.69, 9.17) is 10.5 Å². The molecule has 0 atom stereocenters. The largest absolute Gasteiger partial charge is 0.399 e. The molecule has 0 aliphatic heterocycles. The number of nitrogens with two attached hydrogens (primary N) is 1. The van der Waals surface area contributed by atoms with Crippen molar-refractivity contribution in [1.29, 1.82) is 0 Å². The standard InChI is InChI=1S/C15H21N5O/c1-11-3-6-13(16)9-14(11)15-17-18-19-20(15)7-2-8-21-10-12-4-5-12/h3,6,9,12H,2,4-5,7-8,10,16H2,1H3. The van der Waals surface area contributed by atoms with Crippen molar-refractivity contribution in [2.24, 2.45) is 5.92 Å². The Kier molecular flexibility index (Phi) is 4.15. The molecule has 6 nitrogen and oxygen atoms in total. The third kappa shape index (κ3) is 3.58. The highest BCUT2D eigenvalue weighted by Crippen LogP contribution is 2.28. The number of aryl methyl sites for hydroxylation is 2. The fraction of sp³-hybridized carbons (Fsp3) is 0.533. The van der Waals surface area contributed by atoms with Gasteiger partial charge in [0.25, 0.3) is 0 Å². The number of rotatable bonds is 7.